The van der Waals surface area contributed by atoms with Crippen LogP contribution in [0.5, 0.6) is 0 Å². The number of carbonyl (C=O) groups excluding carboxylic acids is 1. The second-order valence-electron chi connectivity index (χ2n) is 5.39. The van der Waals surface area contributed by atoms with E-state index in [1.54, 1.807) is 12.5 Å². The molecule has 0 aliphatic heterocycles. The number of imidazole rings is 1. The number of carboxylic acids is 1. The fourth-order valence-electron chi connectivity index (χ4n) is 2.70. The van der Waals surface area contributed by atoms with Crippen LogP contribution in [0.3, 0.4) is 0 Å². The summed E-state index contributed by atoms with van der Waals surface area (Å²) in [5, 5.41) is 14.7. The molecule has 7 heteroatoms. The fraction of sp³-hybridized carbons (Fsp3) is 0.643. The van der Waals surface area contributed by atoms with Crippen molar-refractivity contribution >= 4 is 12.0 Å². The fourth-order valence-corrected chi connectivity index (χ4v) is 2.70. The zero-order valence-corrected chi connectivity index (χ0v) is 12.0. The van der Waals surface area contributed by atoms with Gasteiger partial charge in [0, 0.05) is 31.5 Å². The molecule has 1 aromatic rings. The number of hydrogen-bond donors (Lipinski definition) is 3. The highest BCUT2D eigenvalue weighted by Gasteiger charge is 2.31. The number of urea groups is 1. The van der Waals surface area contributed by atoms with E-state index in [9.17, 15) is 9.59 Å². The van der Waals surface area contributed by atoms with E-state index in [1.165, 1.54) is 0 Å². The summed E-state index contributed by atoms with van der Waals surface area (Å²) in [6, 6.07) is -0.538. The zero-order chi connectivity index (χ0) is 15.1. The number of carbonyl (C=O) groups is 2. The van der Waals surface area contributed by atoms with Gasteiger partial charge < -0.3 is 20.3 Å². The Hall–Kier alpha value is -2.05. The van der Waals surface area contributed by atoms with Crippen LogP contribution >= 0.6 is 0 Å². The van der Waals surface area contributed by atoms with Gasteiger partial charge in [0.2, 0.25) is 0 Å². The maximum atomic E-state index is 11.8. The van der Waals surface area contributed by atoms with Crippen LogP contribution < -0.4 is 10.6 Å². The Morgan fingerprint density at radius 3 is 2.86 bits per heavy atom. The number of aryl methyl sites for hydroxylation is 1. The molecule has 2 unspecified atom stereocenters. The Balaban J connectivity index is 1.67. The number of carboxylic acid groups (broad SMARTS) is 1. The molecule has 0 radical (unpaired) electrons. The number of nitrogens with one attached hydrogen (secondary N) is 2. The van der Waals surface area contributed by atoms with E-state index in [0.717, 1.165) is 32.2 Å². The van der Waals surface area contributed by atoms with Gasteiger partial charge in [-0.1, -0.05) is 12.8 Å². The molecule has 0 bridgehead atoms. The summed E-state index contributed by atoms with van der Waals surface area (Å²) in [6.07, 6.45) is 9.39. The van der Waals surface area contributed by atoms with Gasteiger partial charge in [0.25, 0.3) is 0 Å². The highest BCUT2D eigenvalue weighted by Crippen LogP contribution is 2.24. The van der Waals surface area contributed by atoms with Gasteiger partial charge >= 0.3 is 12.0 Å². The summed E-state index contributed by atoms with van der Waals surface area (Å²) in [6.45, 7) is 1.34. The summed E-state index contributed by atoms with van der Waals surface area (Å²) >= 11 is 0. The number of rotatable bonds is 6. The number of amides is 2. The van der Waals surface area contributed by atoms with Crippen molar-refractivity contribution in [1.82, 2.24) is 20.2 Å². The smallest absolute Gasteiger partial charge is 0.315 e. The third kappa shape index (κ3) is 4.77. The van der Waals surface area contributed by atoms with E-state index < -0.39 is 11.9 Å². The van der Waals surface area contributed by atoms with Gasteiger partial charge in [0.05, 0.1) is 12.2 Å². The summed E-state index contributed by atoms with van der Waals surface area (Å²) in [5.74, 6) is -1.28. The molecule has 1 aliphatic carbocycles. The first-order chi connectivity index (χ1) is 10.2. The van der Waals surface area contributed by atoms with Crippen molar-refractivity contribution in [1.29, 1.82) is 0 Å². The normalized spacial score (nSPS) is 21.7. The predicted molar refractivity (Wildman–Crippen MR) is 76.8 cm³/mol. The van der Waals surface area contributed by atoms with E-state index in [4.69, 9.17) is 5.11 Å². The Labute approximate surface area is 123 Å². The summed E-state index contributed by atoms with van der Waals surface area (Å²) in [5.41, 5.74) is 0. The third-order valence-corrected chi connectivity index (χ3v) is 3.84. The molecule has 2 atom stereocenters. The van der Waals surface area contributed by atoms with Crippen molar-refractivity contribution in [3.63, 3.8) is 0 Å². The first-order valence-electron chi connectivity index (χ1n) is 7.39. The van der Waals surface area contributed by atoms with Gasteiger partial charge in [-0.2, -0.15) is 0 Å². The molecule has 116 valence electrons. The van der Waals surface area contributed by atoms with Gasteiger partial charge in [-0.25, -0.2) is 9.78 Å². The lowest BCUT2D eigenvalue weighted by atomic mass is 9.84. The van der Waals surface area contributed by atoms with E-state index in [-0.39, 0.29) is 12.1 Å². The SMILES string of the molecule is O=C(NCCCn1ccnc1)NC1CCCCC1C(=O)O. The molecule has 1 heterocycles. The van der Waals surface area contributed by atoms with Crippen LogP contribution in [-0.4, -0.2) is 39.2 Å². The van der Waals surface area contributed by atoms with E-state index in [0.29, 0.717) is 13.0 Å². The average molecular weight is 294 g/mol. The maximum absolute atomic E-state index is 11.8. The molecular weight excluding hydrogens is 272 g/mol. The van der Waals surface area contributed by atoms with Crippen molar-refractivity contribution in [2.45, 2.75) is 44.7 Å². The second-order valence-corrected chi connectivity index (χ2v) is 5.39. The largest absolute Gasteiger partial charge is 0.481 e. The van der Waals surface area contributed by atoms with E-state index in [2.05, 4.69) is 15.6 Å². The minimum atomic E-state index is -0.819. The first kappa shape index (κ1) is 15.3. The van der Waals surface area contributed by atoms with E-state index in [1.807, 2.05) is 10.8 Å². The van der Waals surface area contributed by atoms with Crippen molar-refractivity contribution in [3.05, 3.63) is 18.7 Å². The van der Waals surface area contributed by atoms with Gasteiger partial charge in [-0.15, -0.1) is 0 Å². The van der Waals surface area contributed by atoms with Gasteiger partial charge in [-0.05, 0) is 19.3 Å². The molecule has 3 N–H and O–H groups in total. The van der Waals surface area contributed by atoms with Crippen molar-refractivity contribution in [2.75, 3.05) is 6.54 Å². The van der Waals surface area contributed by atoms with Crippen LogP contribution in [0.15, 0.2) is 18.7 Å². The highest BCUT2D eigenvalue weighted by molar-refractivity contribution is 5.76. The third-order valence-electron chi connectivity index (χ3n) is 3.84. The Kier molecular flexibility index (Phi) is 5.59. The predicted octanol–water partition coefficient (Wildman–Crippen LogP) is 1.22. The molecule has 21 heavy (non-hydrogen) atoms. The van der Waals surface area contributed by atoms with Crippen LogP contribution in [0, 0.1) is 5.92 Å². The molecule has 0 aromatic carbocycles. The molecule has 2 amide bonds. The molecule has 1 fully saturated rings. The summed E-state index contributed by atoms with van der Waals surface area (Å²) in [7, 11) is 0. The summed E-state index contributed by atoms with van der Waals surface area (Å²) < 4.78 is 1.95. The molecule has 1 aliphatic rings. The van der Waals surface area contributed by atoms with Gasteiger partial charge in [0.15, 0.2) is 0 Å². The molecule has 2 rings (SSSR count). The number of nitrogens with zero attached hydrogens (tertiary/aromatic N) is 2. The monoisotopic (exact) mass is 294 g/mol. The molecule has 0 spiro atoms. The lowest BCUT2D eigenvalue weighted by molar-refractivity contribution is -0.143. The zero-order valence-electron chi connectivity index (χ0n) is 12.0. The standard InChI is InChI=1S/C14H22N4O3/c19-13(20)11-4-1-2-5-12(11)17-14(21)16-6-3-8-18-9-7-15-10-18/h7,9-12H,1-6,8H2,(H,19,20)(H2,16,17,21). The lowest BCUT2D eigenvalue weighted by Crippen LogP contribution is -2.49. The number of aromatic nitrogens is 2. The molecular formula is C14H22N4O3. The maximum Gasteiger partial charge on any atom is 0.315 e. The Morgan fingerprint density at radius 1 is 1.33 bits per heavy atom. The van der Waals surface area contributed by atoms with Crippen molar-refractivity contribution < 1.29 is 14.7 Å². The quantitative estimate of drug-likeness (QED) is 0.687. The van der Waals surface area contributed by atoms with Crippen molar-refractivity contribution in [2.24, 2.45) is 5.92 Å². The topological polar surface area (TPSA) is 96.3 Å². The van der Waals surface area contributed by atoms with Crippen LogP contribution in [-0.2, 0) is 11.3 Å². The van der Waals surface area contributed by atoms with Crippen molar-refractivity contribution in [3.8, 4) is 0 Å². The molecule has 0 saturated heterocycles. The highest BCUT2D eigenvalue weighted by atomic mass is 16.4. The second kappa shape index (κ2) is 7.66. The Bertz CT molecular complexity index is 461. The van der Waals surface area contributed by atoms with Gasteiger partial charge in [0.1, 0.15) is 0 Å². The van der Waals surface area contributed by atoms with Crippen LogP contribution in [0.2, 0.25) is 0 Å². The van der Waals surface area contributed by atoms with Crippen LogP contribution in [0.1, 0.15) is 32.1 Å². The number of hydrogen-bond acceptors (Lipinski definition) is 3. The van der Waals surface area contributed by atoms with Crippen LogP contribution in [0.4, 0.5) is 4.79 Å². The first-order valence-corrected chi connectivity index (χ1v) is 7.39. The minimum absolute atomic E-state index is 0.259. The van der Waals surface area contributed by atoms with Crippen LogP contribution in [0.25, 0.3) is 0 Å². The number of aliphatic carboxylic acids is 1. The molecule has 1 saturated carbocycles. The van der Waals surface area contributed by atoms with Gasteiger partial charge in [-0.3, -0.25) is 4.79 Å². The minimum Gasteiger partial charge on any atom is -0.481 e. The lowest BCUT2D eigenvalue weighted by Gasteiger charge is -2.29. The summed E-state index contributed by atoms with van der Waals surface area (Å²) in [4.78, 5) is 26.9. The average Bonchev–Trinajstić information content (AvgIpc) is 2.97. The van der Waals surface area contributed by atoms with E-state index >= 15 is 0 Å². The molecule has 7 nitrogen and oxygen atoms in total. The Morgan fingerprint density at radius 2 is 2.14 bits per heavy atom. The molecule has 1 aromatic heterocycles.